The quantitative estimate of drug-likeness (QED) is 0.766. The standard InChI is InChI=1S/C11H14BrNOS/c12-7-10-3-1-2-5-13(10)11(14)9-4-6-15-8-9/h4,6,8,10H,1-3,5,7H2. The third kappa shape index (κ3) is 2.42. The Bertz CT molecular complexity index is 325. The molecule has 2 nitrogen and oxygen atoms in total. The van der Waals surface area contributed by atoms with E-state index in [1.54, 1.807) is 11.3 Å². The number of rotatable bonds is 2. The van der Waals surface area contributed by atoms with Crippen LogP contribution in [0.25, 0.3) is 0 Å². The highest BCUT2D eigenvalue weighted by molar-refractivity contribution is 9.09. The lowest BCUT2D eigenvalue weighted by Crippen LogP contribution is -2.44. The second-order valence-corrected chi connectivity index (χ2v) is 5.24. The third-order valence-corrected chi connectivity index (χ3v) is 4.26. The lowest BCUT2D eigenvalue weighted by Gasteiger charge is -2.34. The molecule has 0 N–H and O–H groups in total. The molecule has 1 unspecified atom stereocenters. The molecule has 82 valence electrons. The first kappa shape index (κ1) is 11.1. The molecule has 1 aliphatic heterocycles. The highest BCUT2D eigenvalue weighted by Crippen LogP contribution is 2.21. The molecule has 2 rings (SSSR count). The molecule has 15 heavy (non-hydrogen) atoms. The molecule has 2 heterocycles. The largest absolute Gasteiger partial charge is 0.335 e. The van der Waals surface area contributed by atoms with Crippen molar-refractivity contribution < 1.29 is 4.79 Å². The maximum atomic E-state index is 12.1. The Morgan fingerprint density at radius 1 is 1.60 bits per heavy atom. The third-order valence-electron chi connectivity index (χ3n) is 2.83. The zero-order valence-electron chi connectivity index (χ0n) is 8.49. The lowest BCUT2D eigenvalue weighted by atomic mass is 10.0. The van der Waals surface area contributed by atoms with Gasteiger partial charge in [0.1, 0.15) is 0 Å². The Morgan fingerprint density at radius 2 is 2.47 bits per heavy atom. The van der Waals surface area contributed by atoms with E-state index in [1.165, 1.54) is 6.42 Å². The van der Waals surface area contributed by atoms with Crippen molar-refractivity contribution in [3.63, 3.8) is 0 Å². The van der Waals surface area contributed by atoms with E-state index in [4.69, 9.17) is 0 Å². The monoisotopic (exact) mass is 287 g/mol. The van der Waals surface area contributed by atoms with E-state index in [0.29, 0.717) is 6.04 Å². The van der Waals surface area contributed by atoms with Gasteiger partial charge in [-0.25, -0.2) is 0 Å². The molecule has 1 aromatic rings. The lowest BCUT2D eigenvalue weighted by molar-refractivity contribution is 0.0642. The molecule has 1 aromatic heterocycles. The van der Waals surface area contributed by atoms with Gasteiger partial charge in [0.05, 0.1) is 5.56 Å². The summed E-state index contributed by atoms with van der Waals surface area (Å²) in [6.07, 6.45) is 3.50. The number of amides is 1. The van der Waals surface area contributed by atoms with Crippen LogP contribution in [0.15, 0.2) is 16.8 Å². The van der Waals surface area contributed by atoms with Gasteiger partial charge in [0.15, 0.2) is 0 Å². The van der Waals surface area contributed by atoms with Gasteiger partial charge in [-0.1, -0.05) is 15.9 Å². The van der Waals surface area contributed by atoms with E-state index in [2.05, 4.69) is 15.9 Å². The molecule has 0 spiro atoms. The molecule has 0 aliphatic carbocycles. The van der Waals surface area contributed by atoms with Crippen LogP contribution in [-0.4, -0.2) is 28.7 Å². The SMILES string of the molecule is O=C(c1ccsc1)N1CCCCC1CBr. The van der Waals surface area contributed by atoms with Gasteiger partial charge >= 0.3 is 0 Å². The summed E-state index contributed by atoms with van der Waals surface area (Å²) >= 11 is 5.07. The number of carbonyl (C=O) groups is 1. The van der Waals surface area contributed by atoms with Crippen molar-refractivity contribution in [2.45, 2.75) is 25.3 Å². The molecule has 0 aromatic carbocycles. The molecular weight excluding hydrogens is 274 g/mol. The fourth-order valence-corrected chi connectivity index (χ4v) is 3.28. The summed E-state index contributed by atoms with van der Waals surface area (Å²) in [4.78, 5) is 14.2. The predicted molar refractivity (Wildman–Crippen MR) is 66.8 cm³/mol. The second kappa shape index (κ2) is 5.12. The first-order valence-corrected chi connectivity index (χ1v) is 7.28. The Hall–Kier alpha value is -0.350. The Kier molecular flexibility index (Phi) is 3.81. The molecule has 0 bridgehead atoms. The minimum Gasteiger partial charge on any atom is -0.335 e. The second-order valence-electron chi connectivity index (χ2n) is 3.81. The first-order chi connectivity index (χ1) is 7.33. The number of hydrogen-bond acceptors (Lipinski definition) is 2. The maximum absolute atomic E-state index is 12.1. The molecule has 4 heteroatoms. The highest BCUT2D eigenvalue weighted by atomic mass is 79.9. The smallest absolute Gasteiger partial charge is 0.254 e. The summed E-state index contributed by atoms with van der Waals surface area (Å²) < 4.78 is 0. The van der Waals surface area contributed by atoms with Crippen molar-refractivity contribution in [1.82, 2.24) is 4.90 Å². The van der Waals surface area contributed by atoms with Gasteiger partial charge in [-0.2, -0.15) is 11.3 Å². The van der Waals surface area contributed by atoms with E-state index in [9.17, 15) is 4.79 Å². The molecule has 0 radical (unpaired) electrons. The van der Waals surface area contributed by atoms with Crippen LogP contribution >= 0.6 is 27.3 Å². The number of alkyl halides is 1. The molecule has 1 aliphatic rings. The number of carbonyl (C=O) groups excluding carboxylic acids is 1. The van der Waals surface area contributed by atoms with Crippen molar-refractivity contribution in [3.05, 3.63) is 22.4 Å². The zero-order chi connectivity index (χ0) is 10.7. The van der Waals surface area contributed by atoms with Crippen LogP contribution in [0.1, 0.15) is 29.6 Å². The van der Waals surface area contributed by atoms with Crippen molar-refractivity contribution in [2.24, 2.45) is 0 Å². The number of hydrogen-bond donors (Lipinski definition) is 0. The van der Waals surface area contributed by atoms with Gasteiger partial charge in [-0.15, -0.1) is 0 Å². The van der Waals surface area contributed by atoms with Crippen LogP contribution in [0.2, 0.25) is 0 Å². The van der Waals surface area contributed by atoms with Crippen molar-refractivity contribution in [3.8, 4) is 0 Å². The number of piperidine rings is 1. The average molecular weight is 288 g/mol. The van der Waals surface area contributed by atoms with Gasteiger partial charge in [0, 0.05) is 23.3 Å². The van der Waals surface area contributed by atoms with Gasteiger partial charge in [-0.05, 0) is 30.7 Å². The topological polar surface area (TPSA) is 20.3 Å². The minimum absolute atomic E-state index is 0.195. The van der Waals surface area contributed by atoms with E-state index < -0.39 is 0 Å². The molecule has 1 fully saturated rings. The Labute approximate surface area is 102 Å². The van der Waals surface area contributed by atoms with Crippen LogP contribution in [0.3, 0.4) is 0 Å². The Balaban J connectivity index is 2.11. The van der Waals surface area contributed by atoms with E-state index in [0.717, 1.165) is 30.3 Å². The normalized spacial score (nSPS) is 21.7. The summed E-state index contributed by atoms with van der Waals surface area (Å²) in [5, 5.41) is 4.78. The van der Waals surface area contributed by atoms with Gasteiger partial charge in [-0.3, -0.25) is 4.79 Å². The Morgan fingerprint density at radius 3 is 3.13 bits per heavy atom. The minimum atomic E-state index is 0.195. The number of thiophene rings is 1. The number of halogens is 1. The summed E-state index contributed by atoms with van der Waals surface area (Å²) in [5.41, 5.74) is 0.841. The fourth-order valence-electron chi connectivity index (χ4n) is 1.98. The molecule has 0 saturated carbocycles. The van der Waals surface area contributed by atoms with Gasteiger partial charge < -0.3 is 4.90 Å². The van der Waals surface area contributed by atoms with Crippen LogP contribution in [0.4, 0.5) is 0 Å². The summed E-state index contributed by atoms with van der Waals surface area (Å²) in [5.74, 6) is 0.195. The first-order valence-electron chi connectivity index (χ1n) is 5.22. The average Bonchev–Trinajstić information content (AvgIpc) is 2.81. The molecule has 1 saturated heterocycles. The summed E-state index contributed by atoms with van der Waals surface area (Å²) in [6, 6.07) is 2.29. The van der Waals surface area contributed by atoms with E-state index in [1.807, 2.05) is 21.7 Å². The molecular formula is C11H14BrNOS. The fraction of sp³-hybridized carbons (Fsp3) is 0.545. The summed E-state index contributed by atoms with van der Waals surface area (Å²) in [7, 11) is 0. The van der Waals surface area contributed by atoms with E-state index in [-0.39, 0.29) is 5.91 Å². The maximum Gasteiger partial charge on any atom is 0.254 e. The van der Waals surface area contributed by atoms with Crippen molar-refractivity contribution >= 4 is 33.2 Å². The van der Waals surface area contributed by atoms with Gasteiger partial charge in [0.2, 0.25) is 0 Å². The molecule has 1 atom stereocenters. The van der Waals surface area contributed by atoms with Gasteiger partial charge in [0.25, 0.3) is 5.91 Å². The zero-order valence-corrected chi connectivity index (χ0v) is 10.9. The highest BCUT2D eigenvalue weighted by Gasteiger charge is 2.26. The van der Waals surface area contributed by atoms with Crippen LogP contribution in [0, 0.1) is 0 Å². The predicted octanol–water partition coefficient (Wildman–Crippen LogP) is 3.14. The van der Waals surface area contributed by atoms with Crippen LogP contribution in [0.5, 0.6) is 0 Å². The number of likely N-dealkylation sites (tertiary alicyclic amines) is 1. The number of nitrogens with zero attached hydrogens (tertiary/aromatic N) is 1. The van der Waals surface area contributed by atoms with Crippen LogP contribution < -0.4 is 0 Å². The van der Waals surface area contributed by atoms with Crippen molar-refractivity contribution in [2.75, 3.05) is 11.9 Å². The van der Waals surface area contributed by atoms with Crippen molar-refractivity contribution in [1.29, 1.82) is 0 Å². The van der Waals surface area contributed by atoms with Crippen LogP contribution in [-0.2, 0) is 0 Å². The van der Waals surface area contributed by atoms with E-state index >= 15 is 0 Å². The molecule has 1 amide bonds. The summed E-state index contributed by atoms with van der Waals surface area (Å²) in [6.45, 7) is 0.908.